The molecule has 0 aliphatic rings. The smallest absolute Gasteiger partial charge is 0.178 e. The number of nitriles is 1. The number of hydrogen-bond donors (Lipinski definition) is 1. The van der Waals surface area contributed by atoms with Crippen LogP contribution in [-0.4, -0.2) is 14.2 Å². The molecule has 86 valence electrons. The highest BCUT2D eigenvalue weighted by Gasteiger charge is 2.12. The molecule has 0 amide bonds. The van der Waals surface area contributed by atoms with Gasteiger partial charge in [-0.25, -0.2) is 8.42 Å². The Morgan fingerprint density at radius 3 is 2.38 bits per heavy atom. The second kappa shape index (κ2) is 5.10. The lowest BCUT2D eigenvalue weighted by molar-refractivity contribution is 0.597. The molecule has 0 unspecified atom stereocenters. The summed E-state index contributed by atoms with van der Waals surface area (Å²) in [6.07, 6.45) is 0.222. The maximum Gasteiger partial charge on any atom is 0.178 e. The van der Waals surface area contributed by atoms with Crippen molar-refractivity contribution in [2.75, 3.05) is 5.75 Å². The lowest BCUT2D eigenvalue weighted by Gasteiger charge is -2.08. The molecular weight excluding hydrogens is 224 g/mol. The van der Waals surface area contributed by atoms with Crippen molar-refractivity contribution in [1.82, 2.24) is 0 Å². The van der Waals surface area contributed by atoms with Gasteiger partial charge in [-0.05, 0) is 17.7 Å². The molecule has 0 bridgehead atoms. The molecule has 0 saturated heterocycles. The van der Waals surface area contributed by atoms with E-state index < -0.39 is 9.84 Å². The van der Waals surface area contributed by atoms with E-state index in [0.717, 1.165) is 5.56 Å². The Hall–Kier alpha value is -1.38. The molecule has 1 aromatic rings. The Kier molecular flexibility index (Phi) is 4.05. The summed E-state index contributed by atoms with van der Waals surface area (Å²) < 4.78 is 23.0. The van der Waals surface area contributed by atoms with Crippen molar-refractivity contribution in [3.8, 4) is 6.07 Å². The third kappa shape index (κ3) is 2.81. The monoisotopic (exact) mass is 238 g/mol. The van der Waals surface area contributed by atoms with E-state index in [0.29, 0.717) is 4.90 Å². The third-order valence-corrected chi connectivity index (χ3v) is 4.11. The van der Waals surface area contributed by atoms with Crippen molar-refractivity contribution in [1.29, 1.82) is 5.26 Å². The van der Waals surface area contributed by atoms with E-state index in [4.69, 9.17) is 11.0 Å². The fourth-order valence-electron chi connectivity index (χ4n) is 1.31. The van der Waals surface area contributed by atoms with Gasteiger partial charge in [0, 0.05) is 6.04 Å². The van der Waals surface area contributed by atoms with Gasteiger partial charge in [0.2, 0.25) is 0 Å². The van der Waals surface area contributed by atoms with E-state index in [9.17, 15) is 8.42 Å². The number of nitrogens with two attached hydrogens (primary N) is 1. The molecule has 16 heavy (non-hydrogen) atoms. The molecule has 1 aromatic carbocycles. The van der Waals surface area contributed by atoms with Crippen LogP contribution >= 0.6 is 0 Å². The second-order valence-corrected chi connectivity index (χ2v) is 5.72. The zero-order valence-electron chi connectivity index (χ0n) is 9.05. The third-order valence-electron chi connectivity index (χ3n) is 2.36. The molecule has 0 saturated carbocycles. The van der Waals surface area contributed by atoms with Gasteiger partial charge in [-0.2, -0.15) is 5.26 Å². The molecule has 0 radical (unpaired) electrons. The zero-order chi connectivity index (χ0) is 12.2. The largest absolute Gasteiger partial charge is 0.323 e. The molecule has 1 atom stereocenters. The summed E-state index contributed by atoms with van der Waals surface area (Å²) in [4.78, 5) is 0.294. The van der Waals surface area contributed by atoms with Crippen LogP contribution in [0.3, 0.4) is 0 Å². The van der Waals surface area contributed by atoms with Crippen LogP contribution in [-0.2, 0) is 9.84 Å². The topological polar surface area (TPSA) is 83.9 Å². The minimum absolute atomic E-state index is 0.0800. The Balaban J connectivity index is 2.97. The quantitative estimate of drug-likeness (QED) is 0.859. The first-order chi connectivity index (χ1) is 7.51. The number of rotatable bonds is 4. The van der Waals surface area contributed by atoms with E-state index in [1.54, 1.807) is 19.1 Å². The molecule has 4 nitrogen and oxygen atoms in total. The molecule has 0 heterocycles. The molecule has 1 rings (SSSR count). The molecular formula is C11H14N2O2S. The van der Waals surface area contributed by atoms with E-state index in [-0.39, 0.29) is 18.2 Å². The number of nitrogens with zero attached hydrogens (tertiary/aromatic N) is 1. The average molecular weight is 238 g/mol. The molecule has 5 heteroatoms. The maximum absolute atomic E-state index is 11.5. The first-order valence-corrected chi connectivity index (χ1v) is 6.61. The predicted octanol–water partition coefficient (Wildman–Crippen LogP) is 1.39. The van der Waals surface area contributed by atoms with E-state index in [1.165, 1.54) is 12.1 Å². The first kappa shape index (κ1) is 12.7. The van der Waals surface area contributed by atoms with Gasteiger partial charge in [0.05, 0.1) is 23.1 Å². The van der Waals surface area contributed by atoms with Crippen molar-refractivity contribution in [3.63, 3.8) is 0 Å². The van der Waals surface area contributed by atoms with Crippen molar-refractivity contribution in [2.45, 2.75) is 24.3 Å². The number of benzene rings is 1. The summed E-state index contributed by atoms with van der Waals surface area (Å²) in [5.41, 5.74) is 6.50. The minimum Gasteiger partial charge on any atom is -0.323 e. The lowest BCUT2D eigenvalue weighted by atomic mass is 10.1. The number of sulfone groups is 1. The van der Waals surface area contributed by atoms with Gasteiger partial charge in [-0.15, -0.1) is 0 Å². The Morgan fingerprint density at radius 2 is 1.94 bits per heavy atom. The standard InChI is InChI=1S/C11H14N2O2S/c1-2-16(14,15)10-5-3-9(4-6-10)11(13)7-8-12/h3-6,11H,2,7,13H2,1H3/t11-/m0/s1. The lowest BCUT2D eigenvalue weighted by Crippen LogP contribution is -2.10. The highest BCUT2D eigenvalue weighted by Crippen LogP contribution is 2.17. The average Bonchev–Trinajstić information content (AvgIpc) is 2.29. The summed E-state index contributed by atoms with van der Waals surface area (Å²) in [5.74, 6) is 0.0800. The fraction of sp³-hybridized carbons (Fsp3) is 0.364. The van der Waals surface area contributed by atoms with Crippen molar-refractivity contribution >= 4 is 9.84 Å². The molecule has 0 aliphatic heterocycles. The normalized spacial score (nSPS) is 13.1. The van der Waals surface area contributed by atoms with Crippen LogP contribution in [0, 0.1) is 11.3 Å². The molecule has 0 fully saturated rings. The van der Waals surface area contributed by atoms with E-state index >= 15 is 0 Å². The summed E-state index contributed by atoms with van der Waals surface area (Å²) in [6, 6.07) is 8.00. The van der Waals surface area contributed by atoms with Crippen LogP contribution in [0.5, 0.6) is 0 Å². The maximum atomic E-state index is 11.5. The fourth-order valence-corrected chi connectivity index (χ4v) is 2.19. The zero-order valence-corrected chi connectivity index (χ0v) is 9.87. The Labute approximate surface area is 95.6 Å². The Morgan fingerprint density at radius 1 is 1.38 bits per heavy atom. The number of hydrogen-bond acceptors (Lipinski definition) is 4. The van der Waals surface area contributed by atoms with Crippen LogP contribution in [0.15, 0.2) is 29.2 Å². The predicted molar refractivity (Wildman–Crippen MR) is 61.3 cm³/mol. The van der Waals surface area contributed by atoms with Crippen molar-refractivity contribution < 1.29 is 8.42 Å². The van der Waals surface area contributed by atoms with Gasteiger partial charge in [0.1, 0.15) is 0 Å². The van der Waals surface area contributed by atoms with Crippen LogP contribution in [0.25, 0.3) is 0 Å². The van der Waals surface area contributed by atoms with Gasteiger partial charge in [-0.1, -0.05) is 19.1 Å². The van der Waals surface area contributed by atoms with Gasteiger partial charge in [0.25, 0.3) is 0 Å². The van der Waals surface area contributed by atoms with E-state index in [2.05, 4.69) is 0 Å². The van der Waals surface area contributed by atoms with Gasteiger partial charge in [-0.3, -0.25) is 0 Å². The summed E-state index contributed by atoms with van der Waals surface area (Å²) in [6.45, 7) is 1.60. The van der Waals surface area contributed by atoms with Crippen molar-refractivity contribution in [3.05, 3.63) is 29.8 Å². The first-order valence-electron chi connectivity index (χ1n) is 4.96. The minimum atomic E-state index is -3.16. The molecule has 2 N–H and O–H groups in total. The SMILES string of the molecule is CCS(=O)(=O)c1ccc([C@@H](N)CC#N)cc1. The second-order valence-electron chi connectivity index (χ2n) is 3.44. The molecule has 0 aliphatic carbocycles. The Bertz CT molecular complexity index is 486. The highest BCUT2D eigenvalue weighted by atomic mass is 32.2. The summed E-state index contributed by atoms with van der Waals surface area (Å²) in [5, 5.41) is 8.49. The van der Waals surface area contributed by atoms with Crippen LogP contribution in [0.4, 0.5) is 0 Å². The van der Waals surface area contributed by atoms with E-state index in [1.807, 2.05) is 6.07 Å². The molecule has 0 aromatic heterocycles. The van der Waals surface area contributed by atoms with Crippen molar-refractivity contribution in [2.24, 2.45) is 5.73 Å². The van der Waals surface area contributed by atoms with Gasteiger partial charge < -0.3 is 5.73 Å². The highest BCUT2D eigenvalue weighted by molar-refractivity contribution is 7.91. The van der Waals surface area contributed by atoms with Gasteiger partial charge in [0.15, 0.2) is 9.84 Å². The van der Waals surface area contributed by atoms with Gasteiger partial charge >= 0.3 is 0 Å². The summed E-state index contributed by atoms with van der Waals surface area (Å²) >= 11 is 0. The van der Waals surface area contributed by atoms with Crippen LogP contribution in [0.1, 0.15) is 24.9 Å². The van der Waals surface area contributed by atoms with Crippen LogP contribution in [0.2, 0.25) is 0 Å². The molecule has 0 spiro atoms. The van der Waals surface area contributed by atoms with Crippen LogP contribution < -0.4 is 5.73 Å². The summed E-state index contributed by atoms with van der Waals surface area (Å²) in [7, 11) is -3.16.